The van der Waals surface area contributed by atoms with E-state index >= 15 is 0 Å². The summed E-state index contributed by atoms with van der Waals surface area (Å²) in [6.07, 6.45) is 0. The van der Waals surface area contributed by atoms with Gasteiger partial charge in [0, 0.05) is 39.3 Å². The van der Waals surface area contributed by atoms with E-state index in [1.807, 2.05) is 26.0 Å². The summed E-state index contributed by atoms with van der Waals surface area (Å²) in [7, 11) is -3.41. The van der Waals surface area contributed by atoms with Crippen molar-refractivity contribution < 1.29 is 8.42 Å². The number of nitrogens with zero attached hydrogens (tertiary/aromatic N) is 1. The molecular formula is C14H23N3O2S. The summed E-state index contributed by atoms with van der Waals surface area (Å²) in [6.45, 7) is 8.84. The van der Waals surface area contributed by atoms with Crippen LogP contribution in [0.25, 0.3) is 0 Å². The third-order valence-corrected chi connectivity index (χ3v) is 5.17. The Kier molecular flexibility index (Phi) is 5.15. The number of hydrogen-bond donors (Lipinski definition) is 2. The topological polar surface area (TPSA) is 61.4 Å². The quantitative estimate of drug-likeness (QED) is 0.830. The molecule has 0 unspecified atom stereocenters. The van der Waals surface area contributed by atoms with Crippen molar-refractivity contribution in [3.05, 3.63) is 29.3 Å². The molecule has 0 bridgehead atoms. The zero-order valence-electron chi connectivity index (χ0n) is 12.1. The molecule has 0 atom stereocenters. The number of aryl methyl sites for hydroxylation is 2. The van der Waals surface area contributed by atoms with Crippen LogP contribution in [0.4, 0.5) is 0 Å². The zero-order valence-corrected chi connectivity index (χ0v) is 13.0. The van der Waals surface area contributed by atoms with Gasteiger partial charge in [0.05, 0.1) is 4.90 Å². The van der Waals surface area contributed by atoms with E-state index in [1.165, 1.54) is 0 Å². The molecule has 1 aromatic carbocycles. The van der Waals surface area contributed by atoms with Gasteiger partial charge in [-0.15, -0.1) is 0 Å². The second-order valence-corrected chi connectivity index (χ2v) is 6.99. The molecule has 1 fully saturated rings. The van der Waals surface area contributed by atoms with Crippen LogP contribution in [0, 0.1) is 13.8 Å². The average molecular weight is 297 g/mol. The lowest BCUT2D eigenvalue weighted by atomic mass is 10.2. The van der Waals surface area contributed by atoms with Crippen molar-refractivity contribution in [3.8, 4) is 0 Å². The lowest BCUT2D eigenvalue weighted by molar-refractivity contribution is 0.245. The predicted octanol–water partition coefficient (Wildman–Crippen LogP) is 0.487. The third kappa shape index (κ3) is 4.02. The van der Waals surface area contributed by atoms with Crippen LogP contribution in [0.1, 0.15) is 11.1 Å². The summed E-state index contributed by atoms with van der Waals surface area (Å²) in [5.74, 6) is 0. The molecule has 0 radical (unpaired) electrons. The van der Waals surface area contributed by atoms with Crippen LogP contribution >= 0.6 is 0 Å². The van der Waals surface area contributed by atoms with E-state index in [0.717, 1.165) is 43.9 Å². The Morgan fingerprint density at radius 1 is 1.25 bits per heavy atom. The Hall–Kier alpha value is -0.950. The maximum atomic E-state index is 12.3. The van der Waals surface area contributed by atoms with Gasteiger partial charge in [0.15, 0.2) is 0 Å². The lowest BCUT2D eigenvalue weighted by Crippen LogP contribution is -2.46. The van der Waals surface area contributed by atoms with E-state index in [-0.39, 0.29) is 0 Å². The van der Waals surface area contributed by atoms with Crippen LogP contribution < -0.4 is 10.0 Å². The molecule has 0 aliphatic carbocycles. The molecule has 1 aromatic rings. The van der Waals surface area contributed by atoms with E-state index in [9.17, 15) is 8.42 Å². The smallest absolute Gasteiger partial charge is 0.240 e. The SMILES string of the molecule is Cc1ccc(C)c(S(=O)(=O)NCCN2CCNCC2)c1. The second kappa shape index (κ2) is 6.67. The fourth-order valence-corrected chi connectivity index (χ4v) is 3.70. The Bertz CT molecular complexity index is 552. The number of piperazine rings is 1. The van der Waals surface area contributed by atoms with Gasteiger partial charge in [-0.25, -0.2) is 13.1 Å². The van der Waals surface area contributed by atoms with Crippen molar-refractivity contribution in [1.29, 1.82) is 0 Å². The van der Waals surface area contributed by atoms with Crippen LogP contribution in [0.5, 0.6) is 0 Å². The number of nitrogens with one attached hydrogen (secondary N) is 2. The van der Waals surface area contributed by atoms with Crippen LogP contribution in [-0.2, 0) is 10.0 Å². The first-order valence-electron chi connectivity index (χ1n) is 6.99. The number of hydrogen-bond acceptors (Lipinski definition) is 4. The fourth-order valence-electron chi connectivity index (χ4n) is 2.35. The highest BCUT2D eigenvalue weighted by atomic mass is 32.2. The van der Waals surface area contributed by atoms with E-state index in [0.29, 0.717) is 11.4 Å². The number of benzene rings is 1. The van der Waals surface area contributed by atoms with Crippen molar-refractivity contribution in [2.24, 2.45) is 0 Å². The summed E-state index contributed by atoms with van der Waals surface area (Å²) in [5, 5.41) is 3.28. The first-order chi connectivity index (χ1) is 9.49. The highest BCUT2D eigenvalue weighted by Crippen LogP contribution is 2.16. The number of sulfonamides is 1. The van der Waals surface area contributed by atoms with Crippen molar-refractivity contribution in [2.75, 3.05) is 39.3 Å². The van der Waals surface area contributed by atoms with Gasteiger partial charge in [-0.05, 0) is 31.0 Å². The van der Waals surface area contributed by atoms with Gasteiger partial charge >= 0.3 is 0 Å². The van der Waals surface area contributed by atoms with Crippen LogP contribution in [-0.4, -0.2) is 52.6 Å². The fraction of sp³-hybridized carbons (Fsp3) is 0.571. The van der Waals surface area contributed by atoms with Gasteiger partial charge in [-0.1, -0.05) is 12.1 Å². The van der Waals surface area contributed by atoms with Crippen LogP contribution in [0.2, 0.25) is 0 Å². The molecule has 112 valence electrons. The van der Waals surface area contributed by atoms with Gasteiger partial charge in [0.2, 0.25) is 10.0 Å². The first kappa shape index (κ1) is 15.4. The molecule has 0 spiro atoms. The second-order valence-electron chi connectivity index (χ2n) is 5.26. The molecule has 2 N–H and O–H groups in total. The molecule has 0 amide bonds. The molecule has 0 aromatic heterocycles. The zero-order chi connectivity index (χ0) is 14.6. The van der Waals surface area contributed by atoms with Gasteiger partial charge in [0.1, 0.15) is 0 Å². The minimum Gasteiger partial charge on any atom is -0.314 e. The summed E-state index contributed by atoms with van der Waals surface area (Å²) in [5.41, 5.74) is 1.74. The van der Waals surface area contributed by atoms with E-state index in [4.69, 9.17) is 0 Å². The van der Waals surface area contributed by atoms with Gasteiger partial charge < -0.3 is 5.32 Å². The van der Waals surface area contributed by atoms with Crippen molar-refractivity contribution in [1.82, 2.24) is 14.9 Å². The third-order valence-electron chi connectivity index (χ3n) is 3.56. The molecule has 1 heterocycles. The minimum atomic E-state index is -3.41. The van der Waals surface area contributed by atoms with Gasteiger partial charge in [-0.3, -0.25) is 4.90 Å². The maximum Gasteiger partial charge on any atom is 0.240 e. The standard InChI is InChI=1S/C14H23N3O2S/c1-12-3-4-13(2)14(11-12)20(18,19)16-7-10-17-8-5-15-6-9-17/h3-4,11,15-16H,5-10H2,1-2H3. The maximum absolute atomic E-state index is 12.3. The molecule has 0 saturated carbocycles. The minimum absolute atomic E-state index is 0.387. The van der Waals surface area contributed by atoms with E-state index in [1.54, 1.807) is 6.07 Å². The van der Waals surface area contributed by atoms with Crippen molar-refractivity contribution >= 4 is 10.0 Å². The summed E-state index contributed by atoms with van der Waals surface area (Å²) < 4.78 is 27.3. The predicted molar refractivity (Wildman–Crippen MR) is 80.4 cm³/mol. The summed E-state index contributed by atoms with van der Waals surface area (Å²) in [4.78, 5) is 2.65. The highest BCUT2D eigenvalue weighted by Gasteiger charge is 2.17. The molecule has 20 heavy (non-hydrogen) atoms. The Morgan fingerprint density at radius 3 is 2.65 bits per heavy atom. The molecular weight excluding hydrogens is 274 g/mol. The van der Waals surface area contributed by atoms with E-state index in [2.05, 4.69) is 14.9 Å². The lowest BCUT2D eigenvalue weighted by Gasteiger charge is -2.27. The monoisotopic (exact) mass is 297 g/mol. The molecule has 5 nitrogen and oxygen atoms in total. The molecule has 1 aliphatic rings. The number of rotatable bonds is 5. The summed E-state index contributed by atoms with van der Waals surface area (Å²) >= 11 is 0. The largest absolute Gasteiger partial charge is 0.314 e. The van der Waals surface area contributed by atoms with Crippen LogP contribution in [0.3, 0.4) is 0 Å². The Balaban J connectivity index is 1.95. The normalized spacial score (nSPS) is 17.3. The Morgan fingerprint density at radius 2 is 1.95 bits per heavy atom. The molecule has 2 rings (SSSR count). The summed E-state index contributed by atoms with van der Waals surface area (Å²) in [6, 6.07) is 5.50. The molecule has 1 saturated heterocycles. The van der Waals surface area contributed by atoms with Crippen LogP contribution in [0.15, 0.2) is 23.1 Å². The van der Waals surface area contributed by atoms with Crippen molar-refractivity contribution in [2.45, 2.75) is 18.7 Å². The van der Waals surface area contributed by atoms with Gasteiger partial charge in [0.25, 0.3) is 0 Å². The first-order valence-corrected chi connectivity index (χ1v) is 8.47. The Labute approximate surface area is 121 Å². The average Bonchev–Trinajstić information content (AvgIpc) is 2.42. The van der Waals surface area contributed by atoms with Gasteiger partial charge in [-0.2, -0.15) is 0 Å². The molecule has 1 aliphatic heterocycles. The molecule has 6 heteroatoms. The van der Waals surface area contributed by atoms with E-state index < -0.39 is 10.0 Å². The van der Waals surface area contributed by atoms with Crippen molar-refractivity contribution in [3.63, 3.8) is 0 Å². The highest BCUT2D eigenvalue weighted by molar-refractivity contribution is 7.89.